The van der Waals surface area contributed by atoms with Gasteiger partial charge in [0.05, 0.1) is 22.6 Å². The molecule has 2 rings (SSSR count). The minimum Gasteiger partial charge on any atom is -0.400 e. The van der Waals surface area contributed by atoms with Gasteiger partial charge in [-0.15, -0.1) is 0 Å². The van der Waals surface area contributed by atoms with Gasteiger partial charge >= 0.3 is 7.12 Å². The number of anilines is 1. The Hall–Kier alpha value is -1.37. The third-order valence-electron chi connectivity index (χ3n) is 4.35. The molecule has 0 atom stereocenters. The number of rotatable bonds is 4. The highest BCUT2D eigenvalue weighted by molar-refractivity contribution is 6.56. The molecule has 1 fully saturated rings. The van der Waals surface area contributed by atoms with Crippen molar-refractivity contribution in [2.75, 3.05) is 19.3 Å². The molecule has 1 saturated heterocycles. The predicted octanol–water partition coefficient (Wildman–Crippen LogP) is 2.21. The van der Waals surface area contributed by atoms with Crippen LogP contribution in [-0.2, 0) is 9.31 Å². The van der Waals surface area contributed by atoms with Crippen LogP contribution in [0.25, 0.3) is 6.08 Å². The molecule has 0 amide bonds. The molecule has 1 aromatic rings. The van der Waals surface area contributed by atoms with Gasteiger partial charge in [0, 0.05) is 12.7 Å². The summed E-state index contributed by atoms with van der Waals surface area (Å²) in [6.45, 7) is 10.8. The molecule has 1 aromatic heterocycles. The summed E-state index contributed by atoms with van der Waals surface area (Å²) in [6, 6.07) is 1.92. The van der Waals surface area contributed by atoms with Gasteiger partial charge < -0.3 is 20.4 Å². The van der Waals surface area contributed by atoms with Gasteiger partial charge in [-0.25, -0.2) is 0 Å². The molecular formula is C16H26BN3O2. The lowest BCUT2D eigenvalue weighted by atomic mass is 9.77. The van der Waals surface area contributed by atoms with E-state index in [1.165, 1.54) is 0 Å². The molecule has 0 aromatic carbocycles. The van der Waals surface area contributed by atoms with Crippen LogP contribution in [0.3, 0.4) is 0 Å². The number of likely N-dealkylation sites (N-methyl/N-ethyl adjacent to an activating group) is 1. The van der Waals surface area contributed by atoms with Crippen LogP contribution in [0.2, 0.25) is 0 Å². The summed E-state index contributed by atoms with van der Waals surface area (Å²) in [5, 5.41) is 3.15. The number of pyridine rings is 1. The number of aryl methyl sites for hydroxylation is 1. The van der Waals surface area contributed by atoms with E-state index in [9.17, 15) is 0 Å². The van der Waals surface area contributed by atoms with Crippen molar-refractivity contribution < 1.29 is 9.31 Å². The lowest BCUT2D eigenvalue weighted by molar-refractivity contribution is 0.00578. The lowest BCUT2D eigenvalue weighted by Gasteiger charge is -2.32. The van der Waals surface area contributed by atoms with Gasteiger partial charge in [-0.2, -0.15) is 0 Å². The van der Waals surface area contributed by atoms with Gasteiger partial charge in [-0.1, -0.05) is 0 Å². The highest BCUT2D eigenvalue weighted by atomic mass is 16.7. The first-order valence-corrected chi connectivity index (χ1v) is 7.59. The van der Waals surface area contributed by atoms with Gasteiger partial charge in [0.1, 0.15) is 0 Å². The Morgan fingerprint density at radius 1 is 1.32 bits per heavy atom. The molecular weight excluding hydrogens is 277 g/mol. The van der Waals surface area contributed by atoms with Crippen LogP contribution in [0.1, 0.15) is 39.0 Å². The largest absolute Gasteiger partial charge is 0.491 e. The van der Waals surface area contributed by atoms with Crippen molar-refractivity contribution in [1.82, 2.24) is 10.3 Å². The number of nitrogens with zero attached hydrogens (tertiary/aromatic N) is 1. The van der Waals surface area contributed by atoms with Crippen molar-refractivity contribution in [3.05, 3.63) is 29.0 Å². The van der Waals surface area contributed by atoms with Crippen molar-refractivity contribution in [2.45, 2.75) is 45.8 Å². The fourth-order valence-electron chi connectivity index (χ4n) is 2.30. The SMILES string of the molecule is CNCC(=Cc1ncc(C)cc1N)B1OC(C)(C)C(C)(C)O1. The van der Waals surface area contributed by atoms with Gasteiger partial charge in [-0.05, 0) is 64.8 Å². The van der Waals surface area contributed by atoms with Crippen LogP contribution in [0, 0.1) is 6.92 Å². The molecule has 6 heteroatoms. The molecule has 5 nitrogen and oxygen atoms in total. The Balaban J connectivity index is 2.33. The van der Waals surface area contributed by atoms with E-state index in [4.69, 9.17) is 15.0 Å². The van der Waals surface area contributed by atoms with E-state index in [1.54, 1.807) is 0 Å². The molecule has 120 valence electrons. The maximum atomic E-state index is 6.12. The summed E-state index contributed by atoms with van der Waals surface area (Å²) >= 11 is 0. The topological polar surface area (TPSA) is 69.4 Å². The molecule has 0 unspecified atom stereocenters. The average molecular weight is 303 g/mol. The zero-order chi connectivity index (χ0) is 16.5. The van der Waals surface area contributed by atoms with Crippen LogP contribution in [-0.4, -0.2) is 36.9 Å². The number of hydrogen-bond donors (Lipinski definition) is 2. The van der Waals surface area contributed by atoms with Crippen LogP contribution < -0.4 is 11.1 Å². The highest BCUT2D eigenvalue weighted by Gasteiger charge is 2.52. The van der Waals surface area contributed by atoms with E-state index >= 15 is 0 Å². The Kier molecular flexibility index (Phi) is 4.66. The summed E-state index contributed by atoms with van der Waals surface area (Å²) in [5.74, 6) is 0. The Labute approximate surface area is 133 Å². The summed E-state index contributed by atoms with van der Waals surface area (Å²) in [5.41, 5.74) is 8.75. The van der Waals surface area contributed by atoms with E-state index in [1.807, 2.05) is 60.0 Å². The number of aromatic nitrogens is 1. The van der Waals surface area contributed by atoms with Crippen LogP contribution in [0.4, 0.5) is 5.69 Å². The van der Waals surface area contributed by atoms with E-state index < -0.39 is 7.12 Å². The van der Waals surface area contributed by atoms with Crippen molar-refractivity contribution in [2.24, 2.45) is 0 Å². The number of hydrogen-bond acceptors (Lipinski definition) is 5. The van der Waals surface area contributed by atoms with Crippen molar-refractivity contribution in [3.8, 4) is 0 Å². The molecule has 22 heavy (non-hydrogen) atoms. The maximum Gasteiger partial charge on any atom is 0.491 e. The fraction of sp³-hybridized carbons (Fsp3) is 0.562. The van der Waals surface area contributed by atoms with E-state index in [2.05, 4.69) is 10.3 Å². The zero-order valence-corrected chi connectivity index (χ0v) is 14.4. The summed E-state index contributed by atoms with van der Waals surface area (Å²) in [7, 11) is 1.49. The molecule has 2 heterocycles. The third kappa shape index (κ3) is 3.34. The molecule has 0 aliphatic carbocycles. The third-order valence-corrected chi connectivity index (χ3v) is 4.35. The summed E-state index contributed by atoms with van der Waals surface area (Å²) in [6.07, 6.45) is 3.76. The predicted molar refractivity (Wildman–Crippen MR) is 91.4 cm³/mol. The summed E-state index contributed by atoms with van der Waals surface area (Å²) in [4.78, 5) is 4.40. The van der Waals surface area contributed by atoms with Crippen molar-refractivity contribution in [3.63, 3.8) is 0 Å². The monoisotopic (exact) mass is 303 g/mol. The first-order valence-electron chi connectivity index (χ1n) is 7.59. The molecule has 3 N–H and O–H groups in total. The van der Waals surface area contributed by atoms with E-state index in [0.29, 0.717) is 12.2 Å². The molecule has 0 radical (unpaired) electrons. The average Bonchev–Trinajstić information content (AvgIpc) is 2.61. The molecule has 0 saturated carbocycles. The first-order chi connectivity index (χ1) is 10.2. The van der Waals surface area contributed by atoms with Gasteiger partial charge in [0.2, 0.25) is 0 Å². The second-order valence-corrected chi connectivity index (χ2v) is 6.82. The minimum absolute atomic E-state index is 0.364. The zero-order valence-electron chi connectivity index (χ0n) is 14.4. The second-order valence-electron chi connectivity index (χ2n) is 6.82. The second kappa shape index (κ2) is 6.03. The minimum atomic E-state index is -0.403. The van der Waals surface area contributed by atoms with E-state index in [-0.39, 0.29) is 11.2 Å². The van der Waals surface area contributed by atoms with Gasteiger partial charge in [-0.3, -0.25) is 4.98 Å². The Bertz CT molecular complexity index is 569. The quantitative estimate of drug-likeness (QED) is 0.835. The Morgan fingerprint density at radius 3 is 2.41 bits per heavy atom. The van der Waals surface area contributed by atoms with Crippen LogP contribution in [0.5, 0.6) is 0 Å². The van der Waals surface area contributed by atoms with E-state index in [0.717, 1.165) is 16.7 Å². The first kappa shape index (κ1) is 17.0. The standard InChI is InChI=1S/C16H26BN3O2/c1-11-7-13(18)14(20-9-11)8-12(10-19-6)17-21-15(2,3)16(4,5)22-17/h7-9,19H,10,18H2,1-6H3. The van der Waals surface area contributed by atoms with Crippen molar-refractivity contribution >= 4 is 18.9 Å². The molecule has 1 aliphatic rings. The Morgan fingerprint density at radius 2 is 1.91 bits per heavy atom. The maximum absolute atomic E-state index is 6.12. The van der Waals surface area contributed by atoms with Gasteiger partial charge in [0.25, 0.3) is 0 Å². The molecule has 0 spiro atoms. The molecule has 1 aliphatic heterocycles. The number of nitrogens with one attached hydrogen (secondary N) is 1. The smallest absolute Gasteiger partial charge is 0.400 e. The number of nitrogen functional groups attached to an aromatic ring is 1. The van der Waals surface area contributed by atoms with Crippen LogP contribution >= 0.6 is 0 Å². The summed E-state index contributed by atoms with van der Waals surface area (Å²) < 4.78 is 12.2. The lowest BCUT2D eigenvalue weighted by Crippen LogP contribution is -2.41. The number of nitrogens with two attached hydrogens (primary N) is 1. The highest BCUT2D eigenvalue weighted by Crippen LogP contribution is 2.38. The van der Waals surface area contributed by atoms with Crippen LogP contribution in [0.15, 0.2) is 17.7 Å². The normalized spacial score (nSPS) is 20.5. The molecule has 0 bridgehead atoms. The van der Waals surface area contributed by atoms with Gasteiger partial charge in [0.15, 0.2) is 0 Å². The van der Waals surface area contributed by atoms with Crippen molar-refractivity contribution in [1.29, 1.82) is 0 Å². The fourth-order valence-corrected chi connectivity index (χ4v) is 2.30.